The Morgan fingerprint density at radius 2 is 1.79 bits per heavy atom. The first-order chi connectivity index (χ1) is 16.5. The van der Waals surface area contributed by atoms with Gasteiger partial charge in [-0.1, -0.05) is 36.4 Å². The first-order valence-corrected chi connectivity index (χ1v) is 12.1. The Bertz CT molecular complexity index is 1290. The predicted octanol–water partition coefficient (Wildman–Crippen LogP) is 6.08. The lowest BCUT2D eigenvalue weighted by molar-refractivity contribution is -0.136. The van der Waals surface area contributed by atoms with Crippen LogP contribution in [0.15, 0.2) is 94.7 Å². The summed E-state index contributed by atoms with van der Waals surface area (Å²) >= 11 is 1.68. The van der Waals surface area contributed by atoms with Crippen molar-refractivity contribution in [1.82, 2.24) is 5.32 Å². The lowest BCUT2D eigenvalue weighted by Crippen LogP contribution is -2.35. The van der Waals surface area contributed by atoms with Crippen LogP contribution in [0.1, 0.15) is 42.0 Å². The quantitative estimate of drug-likeness (QED) is 0.457. The van der Waals surface area contributed by atoms with Crippen molar-refractivity contribution in [3.05, 3.63) is 105 Å². The molecule has 0 spiro atoms. The predicted molar refractivity (Wildman–Crippen MR) is 132 cm³/mol. The first-order valence-electron chi connectivity index (χ1n) is 11.2. The van der Waals surface area contributed by atoms with Crippen molar-refractivity contribution in [2.45, 2.75) is 31.6 Å². The minimum absolute atomic E-state index is 0.0560. The molecule has 5 rings (SSSR count). The highest BCUT2D eigenvalue weighted by Crippen LogP contribution is 2.46. The molecule has 0 unspecified atom stereocenters. The van der Waals surface area contributed by atoms with E-state index in [-0.39, 0.29) is 11.7 Å². The van der Waals surface area contributed by atoms with Crippen LogP contribution in [-0.4, -0.2) is 18.9 Å². The van der Waals surface area contributed by atoms with Gasteiger partial charge in [0.1, 0.15) is 11.5 Å². The van der Waals surface area contributed by atoms with E-state index in [9.17, 15) is 9.59 Å². The number of esters is 1. The highest BCUT2D eigenvalue weighted by Gasteiger charge is 2.41. The number of carbonyl (C=O) groups is 2. The van der Waals surface area contributed by atoms with E-state index in [0.717, 1.165) is 23.4 Å². The zero-order valence-corrected chi connectivity index (χ0v) is 19.9. The molecule has 0 fully saturated rings. The summed E-state index contributed by atoms with van der Waals surface area (Å²) in [7, 11) is 1.37. The molecule has 1 aliphatic heterocycles. The molecule has 0 bridgehead atoms. The number of hydrogen-bond donors (Lipinski definition) is 1. The van der Waals surface area contributed by atoms with Gasteiger partial charge in [0, 0.05) is 40.1 Å². The molecule has 2 aliphatic rings. The molecule has 1 N–H and O–H groups in total. The van der Waals surface area contributed by atoms with E-state index in [1.807, 2.05) is 73.0 Å². The molecule has 0 amide bonds. The van der Waals surface area contributed by atoms with Crippen LogP contribution < -0.4 is 10.1 Å². The maximum atomic E-state index is 13.6. The molecule has 1 aliphatic carbocycles. The van der Waals surface area contributed by atoms with Crippen LogP contribution >= 0.6 is 11.3 Å². The molecule has 2 heterocycles. The molecular weight excluding hydrogens is 446 g/mol. The molecule has 2 aromatic carbocycles. The standard InChI is InChI=1S/C28H25NO4S/c1-17-25(28(31)32-2)26(18-8-6-11-21(14-18)33-20-9-4-3-5-10-20)27-22(29-17)15-19(16-23(27)30)24-12-7-13-34-24/h3-14,19,26,29H,15-16H2,1-2H3/t19-,26+/m1/s1. The number of thiophene rings is 1. The van der Waals surface area contributed by atoms with E-state index in [4.69, 9.17) is 9.47 Å². The SMILES string of the molecule is COC(=O)C1=C(C)NC2=C(C(=O)C[C@H](c3cccs3)C2)[C@H]1c1cccc(Oc2ccccc2)c1. The second-order valence-electron chi connectivity index (χ2n) is 8.51. The summed E-state index contributed by atoms with van der Waals surface area (Å²) in [5, 5.41) is 5.41. The van der Waals surface area contributed by atoms with E-state index in [1.165, 1.54) is 12.0 Å². The van der Waals surface area contributed by atoms with Gasteiger partial charge in [-0.3, -0.25) is 4.79 Å². The van der Waals surface area contributed by atoms with E-state index >= 15 is 0 Å². The monoisotopic (exact) mass is 471 g/mol. The lowest BCUT2D eigenvalue weighted by Gasteiger charge is -2.36. The van der Waals surface area contributed by atoms with Gasteiger partial charge in [0.15, 0.2) is 5.78 Å². The fraction of sp³-hybridized carbons (Fsp3) is 0.214. The third kappa shape index (κ3) is 4.17. The zero-order valence-electron chi connectivity index (χ0n) is 19.0. The van der Waals surface area contributed by atoms with Gasteiger partial charge in [0.25, 0.3) is 0 Å². The Morgan fingerprint density at radius 3 is 2.53 bits per heavy atom. The fourth-order valence-corrected chi connectivity index (χ4v) is 5.69. The maximum Gasteiger partial charge on any atom is 0.336 e. The number of dihydropyridines is 1. The number of hydrogen-bond acceptors (Lipinski definition) is 6. The minimum atomic E-state index is -0.514. The summed E-state index contributed by atoms with van der Waals surface area (Å²) in [6.45, 7) is 1.87. The topological polar surface area (TPSA) is 64.6 Å². The van der Waals surface area contributed by atoms with Crippen LogP contribution in [0.2, 0.25) is 0 Å². The molecular formula is C28H25NO4S. The molecule has 34 heavy (non-hydrogen) atoms. The summed E-state index contributed by atoms with van der Waals surface area (Å²) < 4.78 is 11.2. The summed E-state index contributed by atoms with van der Waals surface area (Å²) in [5.74, 6) is 0.604. The van der Waals surface area contributed by atoms with Gasteiger partial charge in [-0.15, -0.1) is 11.3 Å². The minimum Gasteiger partial charge on any atom is -0.466 e. The highest BCUT2D eigenvalue weighted by atomic mass is 32.1. The van der Waals surface area contributed by atoms with Crippen LogP contribution in [0.3, 0.4) is 0 Å². The normalized spacial score (nSPS) is 20.0. The van der Waals surface area contributed by atoms with Crippen molar-refractivity contribution in [2.75, 3.05) is 7.11 Å². The van der Waals surface area contributed by atoms with Crippen molar-refractivity contribution in [3.8, 4) is 11.5 Å². The van der Waals surface area contributed by atoms with Gasteiger partial charge in [-0.2, -0.15) is 0 Å². The summed E-state index contributed by atoms with van der Waals surface area (Å²) in [6, 6.07) is 21.2. The molecule has 3 aromatic rings. The number of allylic oxidation sites excluding steroid dienone is 3. The second-order valence-corrected chi connectivity index (χ2v) is 9.49. The number of ether oxygens (including phenoxy) is 2. The number of rotatable bonds is 5. The number of methoxy groups -OCH3 is 1. The number of Topliss-reactive ketones (excluding diaryl/α,β-unsaturated/α-hetero) is 1. The molecule has 0 radical (unpaired) electrons. The van der Waals surface area contributed by atoms with Gasteiger partial charge < -0.3 is 14.8 Å². The van der Waals surface area contributed by atoms with Crippen LogP contribution in [0.25, 0.3) is 0 Å². The van der Waals surface area contributed by atoms with Gasteiger partial charge in [-0.05, 0) is 54.6 Å². The molecule has 0 saturated carbocycles. The highest BCUT2D eigenvalue weighted by molar-refractivity contribution is 7.10. The van der Waals surface area contributed by atoms with Crippen molar-refractivity contribution >= 4 is 23.1 Å². The van der Waals surface area contributed by atoms with Gasteiger partial charge in [0.2, 0.25) is 0 Å². The van der Waals surface area contributed by atoms with E-state index in [0.29, 0.717) is 29.0 Å². The van der Waals surface area contributed by atoms with Crippen LogP contribution in [0.4, 0.5) is 0 Å². The summed E-state index contributed by atoms with van der Waals surface area (Å²) in [5.41, 5.74) is 3.53. The van der Waals surface area contributed by atoms with Gasteiger partial charge >= 0.3 is 5.97 Å². The number of carbonyl (C=O) groups excluding carboxylic acids is 2. The van der Waals surface area contributed by atoms with Crippen molar-refractivity contribution < 1.29 is 19.1 Å². The number of benzene rings is 2. The molecule has 2 atom stereocenters. The maximum absolute atomic E-state index is 13.6. The van der Waals surface area contributed by atoms with Crippen LogP contribution in [0, 0.1) is 0 Å². The van der Waals surface area contributed by atoms with Gasteiger partial charge in [-0.25, -0.2) is 4.79 Å². The Balaban J connectivity index is 1.57. The molecule has 6 heteroatoms. The molecule has 0 saturated heterocycles. The van der Waals surface area contributed by atoms with E-state index < -0.39 is 11.9 Å². The first kappa shape index (κ1) is 22.2. The fourth-order valence-electron chi connectivity index (χ4n) is 4.86. The Labute approximate surface area is 202 Å². The smallest absolute Gasteiger partial charge is 0.336 e. The van der Waals surface area contributed by atoms with Crippen LogP contribution in [-0.2, 0) is 14.3 Å². The van der Waals surface area contributed by atoms with Gasteiger partial charge in [0.05, 0.1) is 12.7 Å². The third-order valence-electron chi connectivity index (χ3n) is 6.35. The number of ketones is 1. The number of nitrogens with one attached hydrogen (secondary N) is 1. The summed E-state index contributed by atoms with van der Waals surface area (Å²) in [6.07, 6.45) is 1.15. The average molecular weight is 472 g/mol. The Kier molecular flexibility index (Phi) is 6.07. The average Bonchev–Trinajstić information content (AvgIpc) is 3.38. The van der Waals surface area contributed by atoms with E-state index in [1.54, 1.807) is 11.3 Å². The largest absolute Gasteiger partial charge is 0.466 e. The van der Waals surface area contributed by atoms with Crippen molar-refractivity contribution in [3.63, 3.8) is 0 Å². The Hall–Kier alpha value is -3.64. The molecule has 1 aromatic heterocycles. The van der Waals surface area contributed by atoms with Crippen LogP contribution in [0.5, 0.6) is 11.5 Å². The second kappa shape index (κ2) is 9.31. The third-order valence-corrected chi connectivity index (χ3v) is 7.38. The molecule has 172 valence electrons. The zero-order chi connectivity index (χ0) is 23.7. The van der Waals surface area contributed by atoms with Crippen molar-refractivity contribution in [2.24, 2.45) is 0 Å². The van der Waals surface area contributed by atoms with E-state index in [2.05, 4.69) is 11.4 Å². The molecule has 5 nitrogen and oxygen atoms in total. The lowest BCUT2D eigenvalue weighted by atomic mass is 9.72. The Morgan fingerprint density at radius 1 is 1.00 bits per heavy atom. The summed E-state index contributed by atoms with van der Waals surface area (Å²) in [4.78, 5) is 27.6. The number of para-hydroxylation sites is 1. The van der Waals surface area contributed by atoms with Crippen molar-refractivity contribution in [1.29, 1.82) is 0 Å².